The fourth-order valence-corrected chi connectivity index (χ4v) is 1.27. The van der Waals surface area contributed by atoms with E-state index in [1.165, 1.54) is 6.20 Å². The lowest BCUT2D eigenvalue weighted by atomic mass is 10.1. The molecule has 0 aliphatic carbocycles. The van der Waals surface area contributed by atoms with Gasteiger partial charge in [-0.3, -0.25) is 14.6 Å². The summed E-state index contributed by atoms with van der Waals surface area (Å²) in [7, 11) is 0. The molecular formula is C12H18N2O7. The highest BCUT2D eigenvalue weighted by Crippen LogP contribution is 2.23. The van der Waals surface area contributed by atoms with Crippen LogP contribution < -0.4 is 5.73 Å². The van der Waals surface area contributed by atoms with Crippen LogP contribution in [0.5, 0.6) is 5.75 Å². The molecule has 0 amide bonds. The third kappa shape index (κ3) is 6.17. The zero-order chi connectivity index (χ0) is 16.6. The molecule has 1 aromatic rings. The number of aliphatic hydroxyl groups is 2. The Bertz CT molecular complexity index is 505. The van der Waals surface area contributed by atoms with Crippen LogP contribution in [-0.4, -0.2) is 48.5 Å². The summed E-state index contributed by atoms with van der Waals surface area (Å²) in [6.07, 6.45) is 0.913. The van der Waals surface area contributed by atoms with Crippen molar-refractivity contribution in [1.29, 1.82) is 0 Å². The van der Waals surface area contributed by atoms with Crippen molar-refractivity contribution in [2.45, 2.75) is 32.6 Å². The first-order valence-electron chi connectivity index (χ1n) is 5.82. The summed E-state index contributed by atoms with van der Waals surface area (Å²) in [5.74, 6) is -2.54. The van der Waals surface area contributed by atoms with Crippen LogP contribution in [-0.2, 0) is 22.8 Å². The zero-order valence-electron chi connectivity index (χ0n) is 11.4. The van der Waals surface area contributed by atoms with Crippen LogP contribution in [0.4, 0.5) is 0 Å². The maximum absolute atomic E-state index is 9.85. The summed E-state index contributed by atoms with van der Waals surface area (Å²) in [5, 5.41) is 43.1. The third-order valence-corrected chi connectivity index (χ3v) is 2.47. The maximum Gasteiger partial charge on any atom is 0.321 e. The highest BCUT2D eigenvalue weighted by molar-refractivity contribution is 5.80. The largest absolute Gasteiger partial charge is 0.506 e. The predicted octanol–water partition coefficient (Wildman–Crippen LogP) is -1.05. The van der Waals surface area contributed by atoms with E-state index in [2.05, 4.69) is 4.98 Å². The van der Waals surface area contributed by atoms with Gasteiger partial charge in [-0.1, -0.05) is 0 Å². The molecule has 7 N–H and O–H groups in total. The second-order valence-electron chi connectivity index (χ2n) is 4.05. The van der Waals surface area contributed by atoms with Crippen LogP contribution in [0.3, 0.4) is 0 Å². The van der Waals surface area contributed by atoms with E-state index in [1.54, 1.807) is 6.92 Å². The van der Waals surface area contributed by atoms with Crippen LogP contribution in [0.2, 0.25) is 0 Å². The zero-order valence-corrected chi connectivity index (χ0v) is 11.4. The minimum absolute atomic E-state index is 0.0379. The number of carboxylic acids is 2. The highest BCUT2D eigenvalue weighted by atomic mass is 16.4. The lowest BCUT2D eigenvalue weighted by molar-refractivity contribution is -0.144. The monoisotopic (exact) mass is 302 g/mol. The fourth-order valence-electron chi connectivity index (χ4n) is 1.27. The summed E-state index contributed by atoms with van der Waals surface area (Å²) >= 11 is 0. The van der Waals surface area contributed by atoms with Crippen LogP contribution in [0, 0.1) is 6.92 Å². The molecule has 0 saturated carbocycles. The molecule has 0 aromatic carbocycles. The van der Waals surface area contributed by atoms with Gasteiger partial charge >= 0.3 is 11.9 Å². The average Bonchev–Trinajstić information content (AvgIpc) is 2.41. The van der Waals surface area contributed by atoms with Gasteiger partial charge in [0.25, 0.3) is 0 Å². The first-order valence-corrected chi connectivity index (χ1v) is 5.82. The third-order valence-electron chi connectivity index (χ3n) is 2.47. The maximum atomic E-state index is 9.85. The topological polar surface area (TPSA) is 174 Å². The summed E-state index contributed by atoms with van der Waals surface area (Å²) < 4.78 is 0. The van der Waals surface area contributed by atoms with Crippen molar-refractivity contribution in [2.75, 3.05) is 0 Å². The minimum Gasteiger partial charge on any atom is -0.506 e. The molecule has 0 aliphatic rings. The summed E-state index contributed by atoms with van der Waals surface area (Å²) in [4.78, 5) is 23.5. The standard InChI is InChI=1S/C8H11NO3.C4H7NO4/c1-5-8(12)7(4-11)6(3-10)2-9-5;5-2(4(8)9)1-3(6)7/h2,10-12H,3-4H2,1H3;2H,1,5H2,(H,6,7)(H,8,9)/t;2-/m.0/s1. The van der Waals surface area contributed by atoms with Crippen LogP contribution in [0.1, 0.15) is 23.2 Å². The van der Waals surface area contributed by atoms with Gasteiger partial charge in [-0.25, -0.2) is 0 Å². The van der Waals surface area contributed by atoms with Gasteiger partial charge < -0.3 is 31.3 Å². The number of hydrogen-bond acceptors (Lipinski definition) is 7. The Kier molecular flexibility index (Phi) is 7.91. The lowest BCUT2D eigenvalue weighted by Crippen LogP contribution is -2.32. The van der Waals surface area contributed by atoms with Gasteiger partial charge in [0.2, 0.25) is 0 Å². The normalized spacial score (nSPS) is 11.2. The molecule has 1 heterocycles. The highest BCUT2D eigenvalue weighted by Gasteiger charge is 2.14. The van der Waals surface area contributed by atoms with E-state index >= 15 is 0 Å². The number of rotatable bonds is 5. The van der Waals surface area contributed by atoms with E-state index in [1.807, 2.05) is 0 Å². The Labute approximate surface area is 120 Å². The van der Waals surface area contributed by atoms with E-state index < -0.39 is 24.4 Å². The molecule has 1 rings (SSSR count). The molecule has 1 aromatic heterocycles. The van der Waals surface area contributed by atoms with Crippen LogP contribution >= 0.6 is 0 Å². The molecule has 0 unspecified atom stereocenters. The molecule has 118 valence electrons. The van der Waals surface area contributed by atoms with E-state index in [9.17, 15) is 14.7 Å². The van der Waals surface area contributed by atoms with Crippen molar-refractivity contribution in [3.05, 3.63) is 23.0 Å². The molecule has 0 saturated heterocycles. The van der Waals surface area contributed by atoms with Gasteiger partial charge in [0.1, 0.15) is 11.8 Å². The smallest absolute Gasteiger partial charge is 0.321 e. The number of nitrogens with zero attached hydrogens (tertiary/aromatic N) is 1. The first-order chi connectivity index (χ1) is 9.74. The molecular weight excluding hydrogens is 284 g/mol. The Morgan fingerprint density at radius 1 is 1.29 bits per heavy atom. The molecule has 1 atom stereocenters. The van der Waals surface area contributed by atoms with Crippen molar-refractivity contribution in [3.8, 4) is 5.75 Å². The molecule has 9 heteroatoms. The van der Waals surface area contributed by atoms with Gasteiger partial charge in [0, 0.05) is 17.3 Å². The number of aliphatic hydroxyl groups excluding tert-OH is 2. The molecule has 9 nitrogen and oxygen atoms in total. The fraction of sp³-hybridized carbons (Fsp3) is 0.417. The lowest BCUT2D eigenvalue weighted by Gasteiger charge is -2.07. The second-order valence-corrected chi connectivity index (χ2v) is 4.05. The number of carboxylic acid groups (broad SMARTS) is 2. The number of aromatic hydroxyl groups is 1. The Hall–Kier alpha value is -2.23. The molecule has 0 spiro atoms. The van der Waals surface area contributed by atoms with E-state index in [0.29, 0.717) is 16.8 Å². The molecule has 0 bridgehead atoms. The number of aliphatic carboxylic acids is 2. The Morgan fingerprint density at radius 2 is 1.86 bits per heavy atom. The Balaban J connectivity index is 0.000000400. The summed E-state index contributed by atoms with van der Waals surface area (Å²) in [6, 6.07) is -1.29. The van der Waals surface area contributed by atoms with Gasteiger partial charge in [0.05, 0.1) is 25.3 Å². The number of pyridine rings is 1. The predicted molar refractivity (Wildman–Crippen MR) is 70.3 cm³/mol. The van der Waals surface area contributed by atoms with Gasteiger partial charge in [-0.05, 0) is 6.92 Å². The number of aryl methyl sites for hydroxylation is 1. The number of aromatic nitrogens is 1. The molecule has 0 radical (unpaired) electrons. The molecule has 21 heavy (non-hydrogen) atoms. The molecule has 0 fully saturated rings. The number of nitrogens with two attached hydrogens (primary N) is 1. The van der Waals surface area contributed by atoms with Crippen molar-refractivity contribution in [1.82, 2.24) is 4.98 Å². The Morgan fingerprint density at radius 3 is 2.19 bits per heavy atom. The number of carbonyl (C=O) groups is 2. The van der Waals surface area contributed by atoms with Gasteiger partial charge in [-0.15, -0.1) is 0 Å². The van der Waals surface area contributed by atoms with Crippen LogP contribution in [0.25, 0.3) is 0 Å². The quantitative estimate of drug-likeness (QED) is 0.396. The molecule has 0 aliphatic heterocycles. The van der Waals surface area contributed by atoms with E-state index in [-0.39, 0.29) is 19.0 Å². The second kappa shape index (κ2) is 8.84. The number of hydrogen-bond donors (Lipinski definition) is 6. The van der Waals surface area contributed by atoms with Gasteiger partial charge in [0.15, 0.2) is 0 Å². The summed E-state index contributed by atoms with van der Waals surface area (Å²) in [6.45, 7) is 1.12. The van der Waals surface area contributed by atoms with Crippen molar-refractivity contribution in [2.24, 2.45) is 5.73 Å². The van der Waals surface area contributed by atoms with Crippen molar-refractivity contribution < 1.29 is 35.1 Å². The van der Waals surface area contributed by atoms with Crippen molar-refractivity contribution >= 4 is 11.9 Å². The van der Waals surface area contributed by atoms with Gasteiger partial charge in [-0.2, -0.15) is 0 Å². The van der Waals surface area contributed by atoms with Crippen molar-refractivity contribution in [3.63, 3.8) is 0 Å². The minimum atomic E-state index is -1.29. The average molecular weight is 302 g/mol. The first kappa shape index (κ1) is 18.8. The van der Waals surface area contributed by atoms with E-state index in [4.69, 9.17) is 26.2 Å². The summed E-state index contributed by atoms with van der Waals surface area (Å²) in [5.41, 5.74) is 6.10. The van der Waals surface area contributed by atoms with E-state index in [0.717, 1.165) is 0 Å². The SMILES string of the molecule is Cc1ncc(CO)c(CO)c1O.N[C@@H](CC(=O)O)C(=O)O. The van der Waals surface area contributed by atoms with Crippen LogP contribution in [0.15, 0.2) is 6.20 Å².